The van der Waals surface area contributed by atoms with Crippen LogP contribution in [-0.4, -0.2) is 50.2 Å². The lowest BCUT2D eigenvalue weighted by Crippen LogP contribution is -2.37. The first-order valence-electron chi connectivity index (χ1n) is 9.08. The summed E-state index contributed by atoms with van der Waals surface area (Å²) in [5.41, 5.74) is 0.670. The van der Waals surface area contributed by atoms with Crippen LogP contribution in [0, 0.1) is 11.3 Å². The highest BCUT2D eigenvalue weighted by molar-refractivity contribution is 5.95. The van der Waals surface area contributed by atoms with Gasteiger partial charge in [0, 0.05) is 30.6 Å². The highest BCUT2D eigenvalue weighted by Gasteiger charge is 2.55. The third-order valence-electron chi connectivity index (χ3n) is 5.84. The Morgan fingerprint density at radius 2 is 2.12 bits per heavy atom. The van der Waals surface area contributed by atoms with Crippen LogP contribution in [0.1, 0.15) is 42.4 Å². The van der Waals surface area contributed by atoms with E-state index < -0.39 is 11.4 Å². The molecule has 1 aromatic heterocycles. The molecular weight excluding hydrogens is 332 g/mol. The maximum absolute atomic E-state index is 12.8. The van der Waals surface area contributed by atoms with Gasteiger partial charge >= 0.3 is 5.97 Å². The molecule has 26 heavy (non-hydrogen) atoms. The maximum atomic E-state index is 12.8. The molecule has 0 spiro atoms. The molecule has 2 N–H and O–H groups in total. The SMILES string of the molecule is CCc1nc(-c2ccc(C(=O)N3C[C@@H]4CCC[C@@]4(C(=O)O)C3)cc2)n[nH]1. The molecule has 2 fully saturated rings. The molecule has 4 rings (SSSR count). The Kier molecular flexibility index (Phi) is 4.01. The fourth-order valence-corrected chi connectivity index (χ4v) is 4.32. The summed E-state index contributed by atoms with van der Waals surface area (Å²) in [5.74, 6) is 0.644. The van der Waals surface area contributed by atoms with Gasteiger partial charge in [-0.3, -0.25) is 14.7 Å². The summed E-state index contributed by atoms with van der Waals surface area (Å²) >= 11 is 0. The second-order valence-electron chi connectivity index (χ2n) is 7.27. The van der Waals surface area contributed by atoms with Crippen molar-refractivity contribution in [3.8, 4) is 11.4 Å². The number of nitrogens with one attached hydrogen (secondary N) is 1. The van der Waals surface area contributed by atoms with Gasteiger partial charge in [-0.25, -0.2) is 4.98 Å². The maximum Gasteiger partial charge on any atom is 0.311 e. The zero-order valence-electron chi connectivity index (χ0n) is 14.7. The summed E-state index contributed by atoms with van der Waals surface area (Å²) in [5, 5.41) is 16.7. The Balaban J connectivity index is 1.51. The molecule has 1 aromatic carbocycles. The predicted molar refractivity (Wildman–Crippen MR) is 94.5 cm³/mol. The van der Waals surface area contributed by atoms with Crippen molar-refractivity contribution in [2.24, 2.45) is 11.3 Å². The van der Waals surface area contributed by atoms with Crippen LogP contribution >= 0.6 is 0 Å². The van der Waals surface area contributed by atoms with E-state index in [0.29, 0.717) is 30.9 Å². The van der Waals surface area contributed by atoms with Crippen LogP contribution in [0.4, 0.5) is 0 Å². The van der Waals surface area contributed by atoms with Gasteiger partial charge in [-0.15, -0.1) is 0 Å². The molecule has 1 amide bonds. The average Bonchev–Trinajstić information content (AvgIpc) is 3.35. The van der Waals surface area contributed by atoms with Crippen molar-refractivity contribution in [1.82, 2.24) is 20.1 Å². The predicted octanol–water partition coefficient (Wildman–Crippen LogP) is 2.36. The number of aliphatic carboxylic acids is 1. The molecule has 1 saturated heterocycles. The summed E-state index contributed by atoms with van der Waals surface area (Å²) < 4.78 is 0. The van der Waals surface area contributed by atoms with Crippen molar-refractivity contribution in [3.63, 3.8) is 0 Å². The van der Waals surface area contributed by atoms with Crippen molar-refractivity contribution in [2.75, 3.05) is 13.1 Å². The van der Waals surface area contributed by atoms with Crippen molar-refractivity contribution in [3.05, 3.63) is 35.7 Å². The van der Waals surface area contributed by atoms with Crippen LogP contribution in [0.5, 0.6) is 0 Å². The minimum atomic E-state index is -0.762. The monoisotopic (exact) mass is 354 g/mol. The highest BCUT2D eigenvalue weighted by Crippen LogP contribution is 2.49. The van der Waals surface area contributed by atoms with Gasteiger partial charge in [0.1, 0.15) is 5.82 Å². The standard InChI is InChI=1S/C19H22N4O3/c1-2-15-20-16(22-21-15)12-5-7-13(8-6-12)17(24)23-10-14-4-3-9-19(14,11-23)18(25)26/h5-8,14H,2-4,9-11H2,1H3,(H,25,26)(H,20,21,22)/t14-,19+/m0/s1. The number of likely N-dealkylation sites (tertiary alicyclic amines) is 1. The molecule has 7 heteroatoms. The molecular formula is C19H22N4O3. The van der Waals surface area contributed by atoms with E-state index in [1.165, 1.54) is 0 Å². The smallest absolute Gasteiger partial charge is 0.311 e. The molecule has 1 aliphatic heterocycles. The minimum absolute atomic E-state index is 0.0731. The first kappa shape index (κ1) is 16.8. The largest absolute Gasteiger partial charge is 0.481 e. The number of fused-ring (bicyclic) bond motifs is 1. The topological polar surface area (TPSA) is 99.2 Å². The van der Waals surface area contributed by atoms with Gasteiger partial charge in [-0.1, -0.05) is 25.5 Å². The molecule has 0 unspecified atom stereocenters. The summed E-state index contributed by atoms with van der Waals surface area (Å²) in [6.45, 7) is 2.85. The molecule has 7 nitrogen and oxygen atoms in total. The number of aromatic amines is 1. The van der Waals surface area contributed by atoms with Crippen molar-refractivity contribution in [1.29, 1.82) is 0 Å². The summed E-state index contributed by atoms with van der Waals surface area (Å²) in [4.78, 5) is 30.7. The Morgan fingerprint density at radius 1 is 1.35 bits per heavy atom. The normalized spacial score (nSPS) is 24.7. The molecule has 2 aromatic rings. The third kappa shape index (κ3) is 2.58. The van der Waals surface area contributed by atoms with E-state index in [1.54, 1.807) is 17.0 Å². The second-order valence-corrected chi connectivity index (χ2v) is 7.27. The lowest BCUT2D eigenvalue weighted by Gasteiger charge is -2.23. The summed E-state index contributed by atoms with van der Waals surface area (Å²) in [7, 11) is 0. The fourth-order valence-electron chi connectivity index (χ4n) is 4.32. The molecule has 1 saturated carbocycles. The third-order valence-corrected chi connectivity index (χ3v) is 5.84. The van der Waals surface area contributed by atoms with Gasteiger partial charge in [-0.2, -0.15) is 5.10 Å². The number of nitrogens with zero attached hydrogens (tertiary/aromatic N) is 3. The molecule has 0 radical (unpaired) electrons. The van der Waals surface area contributed by atoms with Gasteiger partial charge in [0.15, 0.2) is 5.82 Å². The number of hydrogen-bond donors (Lipinski definition) is 2. The lowest BCUT2D eigenvalue weighted by molar-refractivity contribution is -0.149. The van der Waals surface area contributed by atoms with E-state index in [0.717, 1.165) is 30.7 Å². The Hall–Kier alpha value is -2.70. The number of amides is 1. The first-order valence-corrected chi connectivity index (χ1v) is 9.08. The van der Waals surface area contributed by atoms with Crippen LogP contribution in [0.25, 0.3) is 11.4 Å². The molecule has 1 aliphatic carbocycles. The van der Waals surface area contributed by atoms with Gasteiger partial charge < -0.3 is 10.0 Å². The summed E-state index contributed by atoms with van der Waals surface area (Å²) in [6.07, 6.45) is 3.27. The molecule has 136 valence electrons. The number of benzene rings is 1. The van der Waals surface area contributed by atoms with Crippen LogP contribution in [0.3, 0.4) is 0 Å². The number of rotatable bonds is 4. The van der Waals surface area contributed by atoms with E-state index >= 15 is 0 Å². The highest BCUT2D eigenvalue weighted by atomic mass is 16.4. The van der Waals surface area contributed by atoms with Gasteiger partial charge in [0.05, 0.1) is 5.41 Å². The van der Waals surface area contributed by atoms with E-state index in [4.69, 9.17) is 0 Å². The van der Waals surface area contributed by atoms with E-state index in [1.807, 2.05) is 19.1 Å². The fraction of sp³-hybridized carbons (Fsp3) is 0.474. The lowest BCUT2D eigenvalue weighted by atomic mass is 9.81. The quantitative estimate of drug-likeness (QED) is 0.878. The van der Waals surface area contributed by atoms with Gasteiger partial charge in [0.25, 0.3) is 5.91 Å². The van der Waals surface area contributed by atoms with E-state index in [-0.39, 0.29) is 11.8 Å². The van der Waals surface area contributed by atoms with Crippen molar-refractivity contribution >= 4 is 11.9 Å². The number of carboxylic acid groups (broad SMARTS) is 1. The van der Waals surface area contributed by atoms with Gasteiger partial charge in [-0.05, 0) is 30.9 Å². The van der Waals surface area contributed by atoms with E-state index in [9.17, 15) is 14.7 Å². The number of aromatic nitrogens is 3. The van der Waals surface area contributed by atoms with Crippen molar-refractivity contribution < 1.29 is 14.7 Å². The molecule has 0 bridgehead atoms. The molecule has 2 aliphatic rings. The first-order chi connectivity index (χ1) is 12.5. The number of carboxylic acids is 1. The number of carbonyl (C=O) groups excluding carboxylic acids is 1. The Morgan fingerprint density at radius 3 is 2.73 bits per heavy atom. The average molecular weight is 354 g/mol. The Labute approximate surface area is 151 Å². The summed E-state index contributed by atoms with van der Waals surface area (Å²) in [6, 6.07) is 7.20. The van der Waals surface area contributed by atoms with Crippen molar-refractivity contribution in [2.45, 2.75) is 32.6 Å². The Bertz CT molecular complexity index is 845. The molecule has 2 atom stereocenters. The van der Waals surface area contributed by atoms with Crippen LogP contribution in [-0.2, 0) is 11.2 Å². The number of carbonyl (C=O) groups is 2. The van der Waals surface area contributed by atoms with Gasteiger partial charge in [0.2, 0.25) is 0 Å². The number of aryl methyl sites for hydroxylation is 1. The number of H-pyrrole nitrogens is 1. The van der Waals surface area contributed by atoms with Crippen LogP contribution in [0.15, 0.2) is 24.3 Å². The number of hydrogen-bond acceptors (Lipinski definition) is 4. The zero-order chi connectivity index (χ0) is 18.3. The van der Waals surface area contributed by atoms with Crippen LogP contribution < -0.4 is 0 Å². The minimum Gasteiger partial charge on any atom is -0.481 e. The molecule has 2 heterocycles. The zero-order valence-corrected chi connectivity index (χ0v) is 14.7. The van der Waals surface area contributed by atoms with Crippen LogP contribution in [0.2, 0.25) is 0 Å². The second kappa shape index (κ2) is 6.23. The van der Waals surface area contributed by atoms with E-state index in [2.05, 4.69) is 15.2 Å².